The summed E-state index contributed by atoms with van der Waals surface area (Å²) in [4.78, 5) is 12.1. The van der Waals surface area contributed by atoms with E-state index in [1.807, 2.05) is 18.4 Å². The van der Waals surface area contributed by atoms with Crippen LogP contribution in [-0.2, 0) is 16.4 Å². The fraction of sp³-hybridized carbons (Fsp3) is 0.353. The Hall–Kier alpha value is -1.86. The Morgan fingerprint density at radius 2 is 2.17 bits per heavy atom. The average Bonchev–Trinajstić information content (AvgIpc) is 3.08. The van der Waals surface area contributed by atoms with Gasteiger partial charge in [-0.25, -0.2) is 8.42 Å². The second-order valence-corrected chi connectivity index (χ2v) is 8.59. The molecule has 7 heteroatoms. The molecule has 2 aromatic rings. The number of nitrogens with zero attached hydrogens (tertiary/aromatic N) is 1. The van der Waals surface area contributed by atoms with Gasteiger partial charge in [0, 0.05) is 17.6 Å². The number of fused-ring (bicyclic) bond motifs is 1. The number of hydrogen-bond acceptors (Lipinski definition) is 4. The molecule has 1 N–H and O–H groups in total. The predicted octanol–water partition coefficient (Wildman–Crippen LogP) is 3.49. The summed E-state index contributed by atoms with van der Waals surface area (Å²) >= 11 is 1.47. The highest BCUT2D eigenvalue weighted by atomic mass is 32.2. The van der Waals surface area contributed by atoms with E-state index in [-0.39, 0.29) is 11.7 Å². The number of benzene rings is 1. The topological polar surface area (TPSA) is 66.5 Å². The van der Waals surface area contributed by atoms with Crippen LogP contribution < -0.4 is 9.62 Å². The molecule has 128 valence electrons. The van der Waals surface area contributed by atoms with Crippen LogP contribution in [0.5, 0.6) is 0 Å². The lowest BCUT2D eigenvalue weighted by molar-refractivity contribution is 0.102. The molecule has 24 heavy (non-hydrogen) atoms. The number of carbonyl (C=O) groups is 1. The monoisotopic (exact) mass is 364 g/mol. The van der Waals surface area contributed by atoms with E-state index in [2.05, 4.69) is 5.32 Å². The molecule has 0 saturated carbocycles. The number of anilines is 2. The van der Waals surface area contributed by atoms with Crippen LogP contribution in [0.3, 0.4) is 0 Å². The highest BCUT2D eigenvalue weighted by Crippen LogP contribution is 2.32. The molecule has 2 heterocycles. The molecule has 0 spiro atoms. The molecule has 0 saturated heterocycles. The quantitative estimate of drug-likeness (QED) is 0.883. The highest BCUT2D eigenvalue weighted by Gasteiger charge is 2.26. The average molecular weight is 364 g/mol. The maximum Gasteiger partial charge on any atom is 0.256 e. The van der Waals surface area contributed by atoms with Crippen molar-refractivity contribution in [3.63, 3.8) is 0 Å². The van der Waals surface area contributed by atoms with E-state index in [9.17, 15) is 13.2 Å². The van der Waals surface area contributed by atoms with Crippen molar-refractivity contribution in [3.05, 3.63) is 46.2 Å². The first-order valence-corrected chi connectivity index (χ1v) is 10.5. The molecular weight excluding hydrogens is 344 g/mol. The number of sulfonamides is 1. The van der Waals surface area contributed by atoms with Crippen molar-refractivity contribution >= 4 is 38.6 Å². The molecule has 0 atom stereocenters. The van der Waals surface area contributed by atoms with Crippen molar-refractivity contribution < 1.29 is 13.2 Å². The molecule has 0 fully saturated rings. The van der Waals surface area contributed by atoms with Gasteiger partial charge in [0.2, 0.25) is 10.0 Å². The van der Waals surface area contributed by atoms with Gasteiger partial charge in [-0.2, -0.15) is 11.3 Å². The summed E-state index contributed by atoms with van der Waals surface area (Å²) in [5, 5.41) is 6.53. The first-order valence-electron chi connectivity index (χ1n) is 7.98. The molecule has 0 aliphatic carbocycles. The molecule has 1 aliphatic heterocycles. The Labute approximate surface area is 146 Å². The Bertz CT molecular complexity index is 830. The second kappa shape index (κ2) is 6.94. The summed E-state index contributed by atoms with van der Waals surface area (Å²) in [5.41, 5.74) is 3.02. The van der Waals surface area contributed by atoms with Gasteiger partial charge in [0.25, 0.3) is 5.91 Å². The van der Waals surface area contributed by atoms with E-state index in [0.717, 1.165) is 24.1 Å². The van der Waals surface area contributed by atoms with Gasteiger partial charge in [-0.1, -0.05) is 6.92 Å². The largest absolute Gasteiger partial charge is 0.322 e. The normalized spacial score (nSPS) is 14.3. The van der Waals surface area contributed by atoms with Crippen molar-refractivity contribution in [3.8, 4) is 0 Å². The van der Waals surface area contributed by atoms with E-state index >= 15 is 0 Å². The van der Waals surface area contributed by atoms with Crippen LogP contribution in [0.4, 0.5) is 11.4 Å². The van der Waals surface area contributed by atoms with Crippen LogP contribution in [0.25, 0.3) is 0 Å². The molecule has 1 aromatic heterocycles. The minimum atomic E-state index is -3.27. The number of thiophene rings is 1. The molecule has 0 radical (unpaired) electrons. The molecule has 1 aliphatic rings. The van der Waals surface area contributed by atoms with Gasteiger partial charge in [0.05, 0.1) is 17.0 Å². The van der Waals surface area contributed by atoms with Gasteiger partial charge >= 0.3 is 0 Å². The zero-order valence-electron chi connectivity index (χ0n) is 13.5. The van der Waals surface area contributed by atoms with E-state index in [0.29, 0.717) is 24.2 Å². The number of hydrogen-bond donors (Lipinski definition) is 1. The third kappa shape index (κ3) is 3.47. The van der Waals surface area contributed by atoms with Crippen molar-refractivity contribution in [1.82, 2.24) is 0 Å². The molecule has 1 aromatic carbocycles. The SMILES string of the molecule is CCCS(=O)(=O)N1CCCc2cc(NC(=O)c3ccsc3)ccc21. The van der Waals surface area contributed by atoms with Gasteiger partial charge in [0.1, 0.15) is 0 Å². The van der Waals surface area contributed by atoms with Crippen LogP contribution in [0.15, 0.2) is 35.0 Å². The molecule has 5 nitrogen and oxygen atoms in total. The van der Waals surface area contributed by atoms with Crippen LogP contribution in [0.1, 0.15) is 35.7 Å². The van der Waals surface area contributed by atoms with Crippen LogP contribution in [0, 0.1) is 0 Å². The number of nitrogens with one attached hydrogen (secondary N) is 1. The van der Waals surface area contributed by atoms with Crippen molar-refractivity contribution in [2.75, 3.05) is 21.9 Å². The summed E-state index contributed by atoms with van der Waals surface area (Å²) in [6.45, 7) is 2.39. The Morgan fingerprint density at radius 3 is 2.88 bits per heavy atom. The number of rotatable bonds is 5. The zero-order chi connectivity index (χ0) is 17.2. The van der Waals surface area contributed by atoms with Crippen LogP contribution in [0.2, 0.25) is 0 Å². The first kappa shape index (κ1) is 17.0. The highest BCUT2D eigenvalue weighted by molar-refractivity contribution is 7.92. The number of aryl methyl sites for hydroxylation is 1. The Morgan fingerprint density at radius 1 is 1.33 bits per heavy atom. The fourth-order valence-electron chi connectivity index (χ4n) is 2.89. The minimum Gasteiger partial charge on any atom is -0.322 e. The van der Waals surface area contributed by atoms with E-state index in [1.165, 1.54) is 15.6 Å². The smallest absolute Gasteiger partial charge is 0.256 e. The van der Waals surface area contributed by atoms with Gasteiger partial charge in [-0.3, -0.25) is 9.10 Å². The number of amides is 1. The lowest BCUT2D eigenvalue weighted by atomic mass is 10.0. The predicted molar refractivity (Wildman–Crippen MR) is 98.5 cm³/mol. The van der Waals surface area contributed by atoms with Crippen molar-refractivity contribution in [2.45, 2.75) is 26.2 Å². The van der Waals surface area contributed by atoms with E-state index < -0.39 is 10.0 Å². The lowest BCUT2D eigenvalue weighted by Crippen LogP contribution is -2.37. The van der Waals surface area contributed by atoms with Crippen LogP contribution >= 0.6 is 11.3 Å². The van der Waals surface area contributed by atoms with Gasteiger partial charge in [-0.15, -0.1) is 0 Å². The molecule has 1 amide bonds. The van der Waals surface area contributed by atoms with E-state index in [4.69, 9.17) is 0 Å². The molecule has 0 unspecified atom stereocenters. The first-order chi connectivity index (χ1) is 11.5. The fourth-order valence-corrected chi connectivity index (χ4v) is 5.15. The lowest BCUT2D eigenvalue weighted by Gasteiger charge is -2.30. The Balaban J connectivity index is 1.84. The minimum absolute atomic E-state index is 0.150. The standard InChI is InChI=1S/C17H20N2O3S2/c1-2-10-24(21,22)19-8-3-4-13-11-15(5-6-16(13)19)18-17(20)14-7-9-23-12-14/h5-7,9,11-12H,2-4,8,10H2,1H3,(H,18,20). The summed E-state index contributed by atoms with van der Waals surface area (Å²) in [5.74, 6) is 0.00535. The maximum absolute atomic E-state index is 12.4. The van der Waals surface area contributed by atoms with Crippen molar-refractivity contribution in [2.24, 2.45) is 0 Å². The molecule has 0 bridgehead atoms. The van der Waals surface area contributed by atoms with Crippen molar-refractivity contribution in [1.29, 1.82) is 0 Å². The Kier molecular flexibility index (Phi) is 4.91. The maximum atomic E-state index is 12.4. The zero-order valence-corrected chi connectivity index (χ0v) is 15.1. The third-order valence-electron chi connectivity index (χ3n) is 3.99. The second-order valence-electron chi connectivity index (χ2n) is 5.80. The summed E-state index contributed by atoms with van der Waals surface area (Å²) in [6, 6.07) is 7.22. The van der Waals surface area contributed by atoms with Gasteiger partial charge in [0.15, 0.2) is 0 Å². The van der Waals surface area contributed by atoms with Gasteiger partial charge < -0.3 is 5.32 Å². The van der Waals surface area contributed by atoms with Crippen LogP contribution in [-0.4, -0.2) is 26.6 Å². The third-order valence-corrected chi connectivity index (χ3v) is 6.65. The summed E-state index contributed by atoms with van der Waals surface area (Å²) < 4.78 is 26.4. The van der Waals surface area contributed by atoms with E-state index in [1.54, 1.807) is 23.6 Å². The van der Waals surface area contributed by atoms with Gasteiger partial charge in [-0.05, 0) is 54.5 Å². The number of carbonyl (C=O) groups excluding carboxylic acids is 1. The molecular formula is C17H20N2O3S2. The summed E-state index contributed by atoms with van der Waals surface area (Å²) in [7, 11) is -3.27. The summed E-state index contributed by atoms with van der Waals surface area (Å²) in [6.07, 6.45) is 2.20. The molecule has 3 rings (SSSR count).